The van der Waals surface area contributed by atoms with Gasteiger partial charge in [0, 0.05) is 30.6 Å². The Morgan fingerprint density at radius 1 is 1.39 bits per heavy atom. The Balaban J connectivity index is 2.01. The normalized spacial score (nSPS) is 10.1. The minimum Gasteiger partial charge on any atom is -0.481 e. The molecule has 0 aliphatic rings. The predicted molar refractivity (Wildman–Crippen MR) is 71.8 cm³/mol. The summed E-state index contributed by atoms with van der Waals surface area (Å²) in [5, 5.41) is 3.49. The lowest BCUT2D eigenvalue weighted by atomic mass is 10.3. The zero-order valence-corrected chi connectivity index (χ0v) is 10.6. The van der Waals surface area contributed by atoms with Gasteiger partial charge in [-0.15, -0.1) is 0 Å². The van der Waals surface area contributed by atoms with E-state index in [1.54, 1.807) is 31.5 Å². The molecule has 0 fully saturated rings. The van der Waals surface area contributed by atoms with Gasteiger partial charge >= 0.3 is 0 Å². The summed E-state index contributed by atoms with van der Waals surface area (Å²) in [6.45, 7) is 0.587. The molecule has 18 heavy (non-hydrogen) atoms. The van der Waals surface area contributed by atoms with Gasteiger partial charge in [-0.2, -0.15) is 0 Å². The van der Waals surface area contributed by atoms with E-state index in [0.29, 0.717) is 29.1 Å². The van der Waals surface area contributed by atoms with Crippen LogP contribution in [0.1, 0.15) is 5.56 Å². The van der Waals surface area contributed by atoms with Crippen LogP contribution in [0, 0.1) is 0 Å². The first-order valence-corrected chi connectivity index (χ1v) is 5.71. The number of halogens is 1. The van der Waals surface area contributed by atoms with Crippen molar-refractivity contribution in [3.63, 3.8) is 0 Å². The number of anilines is 2. The Hall–Kier alpha value is -2.01. The van der Waals surface area contributed by atoms with Crippen molar-refractivity contribution < 1.29 is 4.74 Å². The fourth-order valence-corrected chi connectivity index (χ4v) is 1.65. The number of nitrogens with one attached hydrogen (secondary N) is 1. The summed E-state index contributed by atoms with van der Waals surface area (Å²) in [4.78, 5) is 8.22. The lowest BCUT2D eigenvalue weighted by Crippen LogP contribution is -2.03. The maximum atomic E-state index is 5.81. The van der Waals surface area contributed by atoms with E-state index >= 15 is 0 Å². The molecule has 0 aromatic carbocycles. The van der Waals surface area contributed by atoms with Crippen LogP contribution in [-0.2, 0) is 6.54 Å². The summed E-state index contributed by atoms with van der Waals surface area (Å²) in [5.74, 6) is 1.22. The number of rotatable bonds is 4. The third-order valence-electron chi connectivity index (χ3n) is 2.30. The highest BCUT2D eigenvalue weighted by atomic mass is 35.5. The summed E-state index contributed by atoms with van der Waals surface area (Å²) < 4.78 is 4.99. The molecule has 2 aromatic rings. The first kappa shape index (κ1) is 12.4. The first-order valence-electron chi connectivity index (χ1n) is 5.33. The lowest BCUT2D eigenvalue weighted by molar-refractivity contribution is 0.397. The fraction of sp³-hybridized carbons (Fsp3) is 0.167. The van der Waals surface area contributed by atoms with E-state index in [1.807, 2.05) is 6.07 Å². The van der Waals surface area contributed by atoms with Gasteiger partial charge in [0.15, 0.2) is 0 Å². The summed E-state index contributed by atoms with van der Waals surface area (Å²) in [7, 11) is 1.58. The van der Waals surface area contributed by atoms with Gasteiger partial charge in [-0.05, 0) is 11.6 Å². The van der Waals surface area contributed by atoms with Crippen molar-refractivity contribution in [1.82, 2.24) is 9.97 Å². The van der Waals surface area contributed by atoms with Gasteiger partial charge < -0.3 is 15.8 Å². The molecule has 6 heteroatoms. The number of hydrogen-bond donors (Lipinski definition) is 2. The lowest BCUT2D eigenvalue weighted by Gasteiger charge is -2.07. The molecule has 3 N–H and O–H groups in total. The van der Waals surface area contributed by atoms with Crippen molar-refractivity contribution >= 4 is 23.1 Å². The summed E-state index contributed by atoms with van der Waals surface area (Å²) in [6.07, 6.45) is 1.74. The van der Waals surface area contributed by atoms with E-state index < -0.39 is 0 Å². The van der Waals surface area contributed by atoms with E-state index in [-0.39, 0.29) is 0 Å². The zero-order valence-electron chi connectivity index (χ0n) is 9.85. The predicted octanol–water partition coefficient (Wildman–Crippen LogP) is 2.33. The Labute approximate surface area is 110 Å². The number of nitrogens with zero attached hydrogens (tertiary/aromatic N) is 2. The molecule has 0 radical (unpaired) electrons. The smallest absolute Gasteiger partial charge is 0.212 e. The van der Waals surface area contributed by atoms with Crippen molar-refractivity contribution in [2.45, 2.75) is 6.54 Å². The van der Waals surface area contributed by atoms with Gasteiger partial charge in [-0.1, -0.05) is 17.7 Å². The quantitative estimate of drug-likeness (QED) is 0.829. The van der Waals surface area contributed by atoms with Gasteiger partial charge in [0.1, 0.15) is 11.0 Å². The number of aromatic nitrogens is 2. The van der Waals surface area contributed by atoms with Crippen LogP contribution < -0.4 is 15.8 Å². The molecule has 5 nitrogen and oxygen atoms in total. The highest BCUT2D eigenvalue weighted by Crippen LogP contribution is 2.16. The van der Waals surface area contributed by atoms with Crippen LogP contribution in [0.25, 0.3) is 0 Å². The van der Waals surface area contributed by atoms with Crippen molar-refractivity contribution in [3.8, 4) is 5.88 Å². The molecule has 2 rings (SSSR count). The second-order valence-electron chi connectivity index (χ2n) is 3.67. The summed E-state index contributed by atoms with van der Waals surface area (Å²) in [6, 6.07) is 7.05. The third-order valence-corrected chi connectivity index (χ3v) is 2.49. The van der Waals surface area contributed by atoms with Gasteiger partial charge in [-0.25, -0.2) is 9.97 Å². The number of nitrogen functional groups attached to an aromatic ring is 1. The van der Waals surface area contributed by atoms with E-state index in [2.05, 4.69) is 15.3 Å². The highest BCUT2D eigenvalue weighted by Gasteiger charge is 2.00. The molecule has 0 saturated carbocycles. The van der Waals surface area contributed by atoms with E-state index in [9.17, 15) is 0 Å². The van der Waals surface area contributed by atoms with Gasteiger partial charge in [0.25, 0.3) is 0 Å². The van der Waals surface area contributed by atoms with Crippen LogP contribution in [0.3, 0.4) is 0 Å². The monoisotopic (exact) mass is 264 g/mol. The average molecular weight is 265 g/mol. The molecule has 0 bridgehead atoms. The van der Waals surface area contributed by atoms with Crippen molar-refractivity contribution in [1.29, 1.82) is 0 Å². The van der Waals surface area contributed by atoms with Crippen molar-refractivity contribution in [2.24, 2.45) is 0 Å². The van der Waals surface area contributed by atoms with Gasteiger partial charge in [-0.3, -0.25) is 0 Å². The number of ether oxygens (including phenoxy) is 1. The van der Waals surface area contributed by atoms with Crippen molar-refractivity contribution in [2.75, 3.05) is 18.2 Å². The molecule has 0 amide bonds. The van der Waals surface area contributed by atoms with E-state index in [0.717, 1.165) is 5.56 Å². The van der Waals surface area contributed by atoms with Crippen LogP contribution >= 0.6 is 11.6 Å². The maximum Gasteiger partial charge on any atom is 0.212 e. The summed E-state index contributed by atoms with van der Waals surface area (Å²) >= 11 is 5.81. The van der Waals surface area contributed by atoms with Crippen molar-refractivity contribution in [3.05, 3.63) is 41.2 Å². The van der Waals surface area contributed by atoms with E-state index in [1.165, 1.54) is 0 Å². The molecule has 0 aliphatic carbocycles. The molecule has 0 spiro atoms. The molecular weight excluding hydrogens is 252 g/mol. The van der Waals surface area contributed by atoms with Gasteiger partial charge in [0.05, 0.1) is 7.11 Å². The van der Waals surface area contributed by atoms with Crippen LogP contribution in [0.15, 0.2) is 30.5 Å². The largest absolute Gasteiger partial charge is 0.481 e. The number of hydrogen-bond acceptors (Lipinski definition) is 5. The Morgan fingerprint density at radius 2 is 2.22 bits per heavy atom. The fourth-order valence-electron chi connectivity index (χ4n) is 1.44. The molecular formula is C12H13ClN4O. The Kier molecular flexibility index (Phi) is 3.84. The molecule has 2 heterocycles. The maximum absolute atomic E-state index is 5.81. The SMILES string of the molecule is COc1ccc(CNc2cc(N)cc(Cl)n2)cn1. The van der Waals surface area contributed by atoms with Gasteiger partial charge in [0.2, 0.25) is 5.88 Å². The van der Waals surface area contributed by atoms with Crippen LogP contribution in [0.5, 0.6) is 5.88 Å². The minimum atomic E-state index is 0.366. The standard InChI is InChI=1S/C12H13ClN4O/c1-18-12-3-2-8(7-16-12)6-15-11-5-9(14)4-10(13)17-11/h2-5,7H,6H2,1H3,(H3,14,15,17). The second kappa shape index (κ2) is 5.55. The van der Waals surface area contributed by atoms with E-state index in [4.69, 9.17) is 22.1 Å². The van der Waals surface area contributed by atoms with Crippen LogP contribution in [-0.4, -0.2) is 17.1 Å². The second-order valence-corrected chi connectivity index (χ2v) is 4.06. The van der Waals surface area contributed by atoms with Crippen LogP contribution in [0.4, 0.5) is 11.5 Å². The Morgan fingerprint density at radius 3 is 2.83 bits per heavy atom. The third kappa shape index (κ3) is 3.24. The minimum absolute atomic E-state index is 0.366. The van der Waals surface area contributed by atoms with Crippen LogP contribution in [0.2, 0.25) is 5.15 Å². The first-order chi connectivity index (χ1) is 8.67. The number of methoxy groups -OCH3 is 1. The molecule has 94 valence electrons. The number of pyridine rings is 2. The number of nitrogens with two attached hydrogens (primary N) is 1. The Bertz CT molecular complexity index is 510. The molecule has 0 unspecified atom stereocenters. The molecule has 0 atom stereocenters. The zero-order chi connectivity index (χ0) is 13.0. The summed E-state index contributed by atoms with van der Waals surface area (Å²) in [5.41, 5.74) is 7.26. The molecule has 0 saturated heterocycles. The highest BCUT2D eigenvalue weighted by molar-refractivity contribution is 6.29. The average Bonchev–Trinajstić information content (AvgIpc) is 2.36. The topological polar surface area (TPSA) is 73.1 Å². The molecule has 2 aromatic heterocycles. The molecule has 0 aliphatic heterocycles.